The van der Waals surface area contributed by atoms with Crippen LogP contribution in [0.4, 0.5) is 0 Å². The monoisotopic (exact) mass is 154 g/mol. The second kappa shape index (κ2) is 2.97. The van der Waals surface area contributed by atoms with E-state index in [1.165, 1.54) is 0 Å². The highest BCUT2D eigenvalue weighted by atomic mass is 35.5. The minimum Gasteiger partial charge on any atom is -0.497 e. The summed E-state index contributed by atoms with van der Waals surface area (Å²) in [4.78, 5) is 0. The van der Waals surface area contributed by atoms with Gasteiger partial charge < -0.3 is 4.74 Å². The molecule has 0 aliphatic heterocycles. The predicted octanol–water partition coefficient (Wildman–Crippen LogP) is 0.607. The summed E-state index contributed by atoms with van der Waals surface area (Å²) in [5.74, 6) is 0.840. The van der Waals surface area contributed by atoms with E-state index in [0.29, 0.717) is 0 Å². The molecule has 52 valence electrons. The molecule has 1 aromatic carbocycles. The van der Waals surface area contributed by atoms with Gasteiger partial charge in [-0.3, -0.25) is 0 Å². The van der Waals surface area contributed by atoms with Gasteiger partial charge in [-0.25, -0.2) is 0 Å². The van der Waals surface area contributed by atoms with Crippen LogP contribution in [0.25, 0.3) is 0 Å². The van der Waals surface area contributed by atoms with Crippen molar-refractivity contribution in [2.75, 3.05) is 7.11 Å². The maximum atomic E-state index is 5.81. The van der Waals surface area contributed by atoms with Crippen molar-refractivity contribution in [3.05, 3.63) is 23.2 Å². The lowest BCUT2D eigenvalue weighted by molar-refractivity contribution is 0.418. The summed E-state index contributed by atoms with van der Waals surface area (Å²) in [7, 11) is 3.57. The van der Waals surface area contributed by atoms with E-state index >= 15 is 0 Å². The Labute approximate surface area is 66.4 Å². The lowest BCUT2D eigenvalue weighted by Crippen LogP contribution is -2.07. The molecule has 0 atom stereocenters. The molecule has 0 aliphatic rings. The first-order valence-corrected chi connectivity index (χ1v) is 3.42. The second-order valence-electron chi connectivity index (χ2n) is 2.07. The maximum Gasteiger partial charge on any atom is 0.146 e. The van der Waals surface area contributed by atoms with Crippen molar-refractivity contribution in [3.63, 3.8) is 0 Å². The van der Waals surface area contributed by atoms with Crippen LogP contribution in [0.1, 0.15) is 0 Å². The van der Waals surface area contributed by atoms with Gasteiger partial charge in [0.2, 0.25) is 0 Å². The van der Waals surface area contributed by atoms with Gasteiger partial charge in [-0.1, -0.05) is 17.7 Å². The molecular formula is C7H8BClO. The van der Waals surface area contributed by atoms with Gasteiger partial charge in [0.25, 0.3) is 0 Å². The van der Waals surface area contributed by atoms with Crippen molar-refractivity contribution >= 4 is 24.9 Å². The van der Waals surface area contributed by atoms with Crippen molar-refractivity contribution in [1.29, 1.82) is 0 Å². The Morgan fingerprint density at radius 2 is 2.20 bits per heavy atom. The topological polar surface area (TPSA) is 9.23 Å². The van der Waals surface area contributed by atoms with Gasteiger partial charge in [0, 0.05) is 5.02 Å². The Morgan fingerprint density at radius 1 is 1.50 bits per heavy atom. The third-order valence-electron chi connectivity index (χ3n) is 1.44. The minimum atomic E-state index is 0.749. The Bertz CT molecular complexity index is 237. The van der Waals surface area contributed by atoms with E-state index in [1.807, 2.05) is 26.0 Å². The number of methoxy groups -OCH3 is 1. The van der Waals surface area contributed by atoms with E-state index < -0.39 is 0 Å². The zero-order valence-electron chi connectivity index (χ0n) is 6.02. The normalized spacial score (nSPS) is 9.40. The average molecular weight is 154 g/mol. The molecule has 3 heteroatoms. The maximum absolute atomic E-state index is 5.81. The van der Waals surface area contributed by atoms with Gasteiger partial charge in [0.05, 0.1) is 7.11 Å². The Hall–Kier alpha value is -0.625. The van der Waals surface area contributed by atoms with Crippen LogP contribution < -0.4 is 10.2 Å². The van der Waals surface area contributed by atoms with Gasteiger partial charge in [0.1, 0.15) is 13.6 Å². The molecule has 0 radical (unpaired) electrons. The molecule has 0 saturated carbocycles. The predicted molar refractivity (Wildman–Crippen MR) is 46.2 cm³/mol. The zero-order valence-corrected chi connectivity index (χ0v) is 6.77. The van der Waals surface area contributed by atoms with Crippen molar-refractivity contribution in [2.45, 2.75) is 0 Å². The number of halogens is 1. The van der Waals surface area contributed by atoms with Crippen molar-refractivity contribution in [3.8, 4) is 5.75 Å². The van der Waals surface area contributed by atoms with Crippen molar-refractivity contribution in [1.82, 2.24) is 0 Å². The Balaban J connectivity index is 3.14. The zero-order chi connectivity index (χ0) is 7.56. The molecular weight excluding hydrogens is 146 g/mol. The third kappa shape index (κ3) is 1.27. The smallest absolute Gasteiger partial charge is 0.146 e. The van der Waals surface area contributed by atoms with Crippen LogP contribution in [0.15, 0.2) is 18.2 Å². The lowest BCUT2D eigenvalue weighted by atomic mass is 9.95. The molecule has 10 heavy (non-hydrogen) atoms. The summed E-state index contributed by atoms with van der Waals surface area (Å²) in [6, 6.07) is 5.61. The summed E-state index contributed by atoms with van der Waals surface area (Å²) in [6.07, 6.45) is 0. The van der Waals surface area contributed by atoms with E-state index in [4.69, 9.17) is 16.3 Å². The van der Waals surface area contributed by atoms with Crippen molar-refractivity contribution in [2.24, 2.45) is 0 Å². The van der Waals surface area contributed by atoms with E-state index in [1.54, 1.807) is 7.11 Å². The first-order chi connectivity index (χ1) is 4.75. The molecule has 0 N–H and O–H groups in total. The molecule has 0 heterocycles. The fraction of sp³-hybridized carbons (Fsp3) is 0.143. The van der Waals surface area contributed by atoms with E-state index in [2.05, 4.69) is 0 Å². The number of rotatable bonds is 1. The highest BCUT2D eigenvalue weighted by molar-refractivity contribution is 6.46. The van der Waals surface area contributed by atoms with Gasteiger partial charge in [-0.15, -0.1) is 0 Å². The molecule has 0 bridgehead atoms. The highest BCUT2D eigenvalue weighted by Crippen LogP contribution is 2.11. The molecule has 0 fully saturated rings. The highest BCUT2D eigenvalue weighted by Gasteiger charge is 1.98. The minimum absolute atomic E-state index is 0.749. The standard InChI is InChI=1S/C7H8BClO/c1-10-6-4-2-3-5(9)7(6)8/h2-4H,8H2,1H3. The van der Waals surface area contributed by atoms with Crippen LogP contribution in [-0.4, -0.2) is 15.0 Å². The van der Waals surface area contributed by atoms with Crippen LogP contribution >= 0.6 is 11.6 Å². The molecule has 1 aromatic rings. The molecule has 0 saturated heterocycles. The van der Waals surface area contributed by atoms with Crippen LogP contribution in [0, 0.1) is 0 Å². The summed E-state index contributed by atoms with van der Waals surface area (Å²) in [5.41, 5.74) is 0.992. The fourth-order valence-corrected chi connectivity index (χ4v) is 0.975. The van der Waals surface area contributed by atoms with Crippen LogP contribution in [0.2, 0.25) is 5.02 Å². The van der Waals surface area contributed by atoms with Crippen LogP contribution in [0.3, 0.4) is 0 Å². The third-order valence-corrected chi connectivity index (χ3v) is 1.85. The van der Waals surface area contributed by atoms with Crippen LogP contribution in [-0.2, 0) is 0 Å². The fourth-order valence-electron chi connectivity index (χ4n) is 0.809. The Morgan fingerprint density at radius 3 is 2.70 bits per heavy atom. The van der Waals surface area contributed by atoms with Gasteiger partial charge >= 0.3 is 0 Å². The lowest BCUT2D eigenvalue weighted by Gasteiger charge is -2.04. The quantitative estimate of drug-likeness (QED) is 0.539. The average Bonchev–Trinajstić information content (AvgIpc) is 1.95. The van der Waals surface area contributed by atoms with Gasteiger partial charge in [-0.2, -0.15) is 0 Å². The molecule has 0 aliphatic carbocycles. The molecule has 0 unspecified atom stereocenters. The molecule has 0 aromatic heterocycles. The number of ether oxygens (including phenoxy) is 1. The SMILES string of the molecule is Bc1c(Cl)cccc1OC. The molecule has 0 amide bonds. The summed E-state index contributed by atoms with van der Waals surface area (Å²) < 4.78 is 5.04. The largest absolute Gasteiger partial charge is 0.497 e. The van der Waals surface area contributed by atoms with E-state index in [-0.39, 0.29) is 0 Å². The summed E-state index contributed by atoms with van der Waals surface area (Å²) >= 11 is 5.81. The Kier molecular flexibility index (Phi) is 2.23. The first kappa shape index (κ1) is 7.48. The number of hydrogen-bond acceptors (Lipinski definition) is 1. The number of hydrogen-bond donors (Lipinski definition) is 0. The van der Waals surface area contributed by atoms with Gasteiger partial charge in [-0.05, 0) is 17.6 Å². The summed E-state index contributed by atoms with van der Waals surface area (Å²) in [5, 5.41) is 0.749. The second-order valence-corrected chi connectivity index (χ2v) is 2.47. The molecule has 1 rings (SSSR count). The summed E-state index contributed by atoms with van der Waals surface area (Å²) in [6.45, 7) is 0. The first-order valence-electron chi connectivity index (χ1n) is 3.05. The van der Waals surface area contributed by atoms with Crippen LogP contribution in [0.5, 0.6) is 5.75 Å². The number of benzene rings is 1. The van der Waals surface area contributed by atoms with E-state index in [9.17, 15) is 0 Å². The van der Waals surface area contributed by atoms with E-state index in [0.717, 1.165) is 16.2 Å². The molecule has 1 nitrogen and oxygen atoms in total. The van der Waals surface area contributed by atoms with Gasteiger partial charge in [0.15, 0.2) is 0 Å². The molecule has 0 spiro atoms. The van der Waals surface area contributed by atoms with Crippen molar-refractivity contribution < 1.29 is 4.74 Å².